The van der Waals surface area contributed by atoms with Crippen molar-refractivity contribution in [2.24, 2.45) is 0 Å². The number of aromatic nitrogens is 5. The Balaban J connectivity index is 1.66. The highest BCUT2D eigenvalue weighted by Crippen LogP contribution is 2.25. The Kier molecular flexibility index (Phi) is 5.56. The van der Waals surface area contributed by atoms with Crippen LogP contribution in [0.5, 0.6) is 0 Å². The molecule has 35 heavy (non-hydrogen) atoms. The molecule has 8 nitrogen and oxygen atoms in total. The van der Waals surface area contributed by atoms with Crippen LogP contribution in [-0.2, 0) is 4.79 Å². The van der Waals surface area contributed by atoms with Crippen molar-refractivity contribution >= 4 is 22.5 Å². The monoisotopic (exact) mass is 466 g/mol. The maximum Gasteiger partial charge on any atom is 0.280 e. The van der Waals surface area contributed by atoms with E-state index in [9.17, 15) is 9.59 Å². The lowest BCUT2D eigenvalue weighted by molar-refractivity contribution is -0.119. The van der Waals surface area contributed by atoms with Gasteiger partial charge in [0.05, 0.1) is 11.4 Å². The lowest BCUT2D eigenvalue weighted by atomic mass is 10.1. The van der Waals surface area contributed by atoms with E-state index in [0.29, 0.717) is 22.4 Å². The van der Waals surface area contributed by atoms with Crippen molar-refractivity contribution in [3.8, 4) is 11.5 Å². The van der Waals surface area contributed by atoms with Gasteiger partial charge in [-0.25, -0.2) is 9.36 Å². The lowest BCUT2D eigenvalue weighted by Gasteiger charge is -2.16. The van der Waals surface area contributed by atoms with Crippen LogP contribution >= 0.6 is 0 Å². The van der Waals surface area contributed by atoms with Crippen molar-refractivity contribution in [2.75, 3.05) is 5.32 Å². The minimum absolute atomic E-state index is 0.315. The van der Waals surface area contributed by atoms with Crippen molar-refractivity contribution in [1.29, 1.82) is 0 Å². The maximum atomic E-state index is 13.8. The highest BCUT2D eigenvalue weighted by molar-refractivity contribution is 5.94. The number of hydrogen-bond acceptors (Lipinski definition) is 4. The van der Waals surface area contributed by atoms with Gasteiger partial charge in [-0.15, -0.1) is 0 Å². The fourth-order valence-corrected chi connectivity index (χ4v) is 4.17. The number of carbonyl (C=O) groups is 1. The highest BCUT2D eigenvalue weighted by Gasteiger charge is 2.25. The van der Waals surface area contributed by atoms with Crippen LogP contribution in [0.25, 0.3) is 22.4 Å². The van der Waals surface area contributed by atoms with Crippen molar-refractivity contribution in [3.63, 3.8) is 0 Å². The zero-order chi connectivity index (χ0) is 24.7. The quantitative estimate of drug-likeness (QED) is 0.413. The molecule has 1 atom stereocenters. The molecule has 0 fully saturated rings. The molecule has 0 saturated heterocycles. The minimum atomic E-state index is -0.830. The second-order valence-electron chi connectivity index (χ2n) is 8.70. The molecule has 0 aliphatic rings. The largest absolute Gasteiger partial charge is 0.324 e. The van der Waals surface area contributed by atoms with Crippen molar-refractivity contribution in [3.05, 3.63) is 100 Å². The van der Waals surface area contributed by atoms with Gasteiger partial charge in [0.15, 0.2) is 5.82 Å². The number of hydrogen-bond donors (Lipinski definition) is 1. The van der Waals surface area contributed by atoms with Gasteiger partial charge in [-0.05, 0) is 69.2 Å². The third-order valence-corrected chi connectivity index (χ3v) is 6.13. The molecule has 0 radical (unpaired) electrons. The van der Waals surface area contributed by atoms with E-state index >= 15 is 0 Å². The summed E-state index contributed by atoms with van der Waals surface area (Å²) in [7, 11) is 0. The molecule has 2 aromatic carbocycles. The topological polar surface area (TPSA) is 86.7 Å². The molecule has 0 aliphatic heterocycles. The van der Waals surface area contributed by atoms with E-state index in [2.05, 4.69) is 10.4 Å². The van der Waals surface area contributed by atoms with E-state index < -0.39 is 6.04 Å². The van der Waals surface area contributed by atoms with Crippen molar-refractivity contribution in [1.82, 2.24) is 24.1 Å². The lowest BCUT2D eigenvalue weighted by Crippen LogP contribution is -2.34. The Morgan fingerprint density at radius 1 is 0.943 bits per heavy atom. The number of anilines is 1. The number of aryl methyl sites for hydroxylation is 3. The van der Waals surface area contributed by atoms with Gasteiger partial charge in [0.25, 0.3) is 5.56 Å². The molecule has 5 aromatic rings. The first-order valence-corrected chi connectivity index (χ1v) is 11.4. The average molecular weight is 467 g/mol. The average Bonchev–Trinajstić information content (AvgIpc) is 3.52. The number of nitrogens with one attached hydrogen (secondary N) is 1. The molecule has 1 N–H and O–H groups in total. The summed E-state index contributed by atoms with van der Waals surface area (Å²) in [5, 5.41) is 12.6. The van der Waals surface area contributed by atoms with Crippen LogP contribution in [0.1, 0.15) is 29.8 Å². The second kappa shape index (κ2) is 8.72. The third kappa shape index (κ3) is 3.93. The van der Waals surface area contributed by atoms with Crippen LogP contribution in [0.15, 0.2) is 77.9 Å². The number of amides is 1. The second-order valence-corrected chi connectivity index (χ2v) is 8.70. The van der Waals surface area contributed by atoms with Gasteiger partial charge < -0.3 is 9.88 Å². The van der Waals surface area contributed by atoms with Gasteiger partial charge in [-0.1, -0.05) is 30.3 Å². The predicted molar refractivity (Wildman–Crippen MR) is 136 cm³/mol. The molecule has 176 valence electrons. The SMILES string of the molecule is Cc1ccc(C)c(NC(=O)[C@H](C)n2nc(C)c3nn(-c4ccccc4)c(-n4cccc4)c3c2=O)c1. The Hall–Kier alpha value is -4.46. The first-order chi connectivity index (χ1) is 16.8. The summed E-state index contributed by atoms with van der Waals surface area (Å²) in [6, 6.07) is 18.4. The molecule has 0 unspecified atom stereocenters. The molecule has 0 aliphatic carbocycles. The number of carbonyl (C=O) groups excluding carboxylic acids is 1. The van der Waals surface area contributed by atoms with E-state index in [1.165, 1.54) is 4.68 Å². The first kappa shape index (κ1) is 22.3. The molecule has 0 saturated carbocycles. The van der Waals surface area contributed by atoms with Crippen LogP contribution in [-0.4, -0.2) is 30.0 Å². The van der Waals surface area contributed by atoms with Crippen LogP contribution in [0.4, 0.5) is 5.69 Å². The predicted octanol–water partition coefficient (Wildman–Crippen LogP) is 4.50. The third-order valence-electron chi connectivity index (χ3n) is 6.13. The maximum absolute atomic E-state index is 13.8. The van der Waals surface area contributed by atoms with Crippen LogP contribution in [0.2, 0.25) is 0 Å². The molecular formula is C27H26N6O2. The van der Waals surface area contributed by atoms with Gasteiger partial charge in [-0.3, -0.25) is 9.59 Å². The first-order valence-electron chi connectivity index (χ1n) is 11.4. The normalized spacial score (nSPS) is 12.1. The summed E-state index contributed by atoms with van der Waals surface area (Å²) in [4.78, 5) is 27.0. The summed E-state index contributed by atoms with van der Waals surface area (Å²) in [6.07, 6.45) is 3.73. The Morgan fingerprint density at radius 3 is 2.37 bits per heavy atom. The van der Waals surface area contributed by atoms with Gasteiger partial charge in [0.1, 0.15) is 16.9 Å². The van der Waals surface area contributed by atoms with Gasteiger partial charge >= 0.3 is 0 Å². The summed E-state index contributed by atoms with van der Waals surface area (Å²) in [5.74, 6) is 0.285. The fourth-order valence-electron chi connectivity index (χ4n) is 4.17. The molecule has 0 bridgehead atoms. The van der Waals surface area contributed by atoms with Crippen molar-refractivity contribution in [2.45, 2.75) is 33.7 Å². The van der Waals surface area contributed by atoms with Gasteiger partial charge in [0, 0.05) is 18.1 Å². The number of para-hydroxylation sites is 1. The summed E-state index contributed by atoms with van der Waals surface area (Å²) in [5.41, 5.74) is 4.21. The van der Waals surface area contributed by atoms with Crippen LogP contribution in [0, 0.1) is 20.8 Å². The molecule has 0 spiro atoms. The molecule has 1 amide bonds. The Labute approximate surface area is 202 Å². The van der Waals surface area contributed by atoms with E-state index in [4.69, 9.17) is 5.10 Å². The summed E-state index contributed by atoms with van der Waals surface area (Å²) >= 11 is 0. The molecule has 3 heterocycles. The highest BCUT2D eigenvalue weighted by atomic mass is 16.2. The molecule has 5 rings (SSSR count). The van der Waals surface area contributed by atoms with Crippen LogP contribution < -0.4 is 10.9 Å². The van der Waals surface area contributed by atoms with E-state index in [0.717, 1.165) is 22.5 Å². The fraction of sp³-hybridized carbons (Fsp3) is 0.185. The molecular weight excluding hydrogens is 440 g/mol. The number of benzene rings is 2. The smallest absolute Gasteiger partial charge is 0.280 e. The Morgan fingerprint density at radius 2 is 1.66 bits per heavy atom. The van der Waals surface area contributed by atoms with Gasteiger partial charge in [-0.2, -0.15) is 10.2 Å². The number of nitrogens with zero attached hydrogens (tertiary/aromatic N) is 5. The zero-order valence-electron chi connectivity index (χ0n) is 20.1. The zero-order valence-corrected chi connectivity index (χ0v) is 20.1. The van der Waals surface area contributed by atoms with E-state index in [-0.39, 0.29) is 11.5 Å². The molecule has 8 heteroatoms. The summed E-state index contributed by atoms with van der Waals surface area (Å²) in [6.45, 7) is 7.38. The number of rotatable bonds is 5. The summed E-state index contributed by atoms with van der Waals surface area (Å²) < 4.78 is 4.85. The van der Waals surface area contributed by atoms with Gasteiger partial charge in [0.2, 0.25) is 5.91 Å². The number of fused-ring (bicyclic) bond motifs is 1. The van der Waals surface area contributed by atoms with E-state index in [1.54, 1.807) is 18.5 Å². The Bertz CT molecular complexity index is 1600. The molecule has 3 aromatic heterocycles. The standard InChI is InChI=1S/C27H26N6O2/c1-17-12-13-18(2)22(16-17)28-25(34)20(4)32-27(35)23-24(19(3)29-32)30-33(21-10-6-5-7-11-21)26(23)31-14-8-9-15-31/h5-16,20H,1-4H3,(H,28,34)/t20-/m0/s1. The van der Waals surface area contributed by atoms with Crippen molar-refractivity contribution < 1.29 is 4.79 Å². The van der Waals surface area contributed by atoms with E-state index in [1.807, 2.05) is 91.5 Å². The van der Waals surface area contributed by atoms with Crippen LogP contribution in [0.3, 0.4) is 0 Å². The minimum Gasteiger partial charge on any atom is -0.324 e.